The van der Waals surface area contributed by atoms with Crippen LogP contribution in [-0.4, -0.2) is 37.2 Å². The summed E-state index contributed by atoms with van der Waals surface area (Å²) in [7, 11) is 0. The molecule has 1 atom stereocenters. The predicted octanol–water partition coefficient (Wildman–Crippen LogP) is 12.0. The van der Waals surface area contributed by atoms with Crippen LogP contribution in [0.3, 0.4) is 0 Å². The van der Waals surface area contributed by atoms with Crippen LogP contribution < -0.4 is 0 Å². The highest BCUT2D eigenvalue weighted by Crippen LogP contribution is 2.13. The number of hydrogen-bond acceptors (Lipinski definition) is 6. The highest BCUT2D eigenvalue weighted by molar-refractivity contribution is 5.72. The van der Waals surface area contributed by atoms with Gasteiger partial charge >= 0.3 is 17.9 Å². The van der Waals surface area contributed by atoms with Gasteiger partial charge in [0.2, 0.25) is 0 Å². The van der Waals surface area contributed by atoms with Crippen molar-refractivity contribution >= 4 is 17.9 Å². The van der Waals surface area contributed by atoms with Gasteiger partial charge in [-0.1, -0.05) is 171 Å². The van der Waals surface area contributed by atoms with E-state index >= 15 is 0 Å². The Labute approximate surface area is 300 Å². The third kappa shape index (κ3) is 36.0. The van der Waals surface area contributed by atoms with E-state index in [-0.39, 0.29) is 32.0 Å². The van der Waals surface area contributed by atoms with E-state index in [9.17, 15) is 14.4 Å². The molecule has 0 bridgehead atoms. The van der Waals surface area contributed by atoms with Crippen molar-refractivity contribution in [3.63, 3.8) is 0 Å². The van der Waals surface area contributed by atoms with Crippen LogP contribution >= 0.6 is 0 Å². The lowest BCUT2D eigenvalue weighted by Gasteiger charge is -2.17. The summed E-state index contributed by atoms with van der Waals surface area (Å²) in [6, 6.07) is 0. The van der Waals surface area contributed by atoms with Gasteiger partial charge < -0.3 is 14.2 Å². The molecule has 0 N–H and O–H groups in total. The van der Waals surface area contributed by atoms with E-state index in [1.54, 1.807) is 12.2 Å². The molecule has 0 rings (SSSR count). The van der Waals surface area contributed by atoms with Gasteiger partial charge in [-0.15, -0.1) is 0 Å². The van der Waals surface area contributed by atoms with Crippen molar-refractivity contribution in [2.24, 2.45) is 0 Å². The minimum absolute atomic E-state index is 0.0887. The van der Waals surface area contributed by atoms with Crippen molar-refractivity contribution in [3.8, 4) is 0 Å². The second-order valence-electron chi connectivity index (χ2n) is 12.5. The molecule has 0 saturated heterocycles. The van der Waals surface area contributed by atoms with Gasteiger partial charge in [-0.2, -0.15) is 0 Å². The number of unbranched alkanes of at least 4 members (excludes halogenated alkanes) is 12. The monoisotopic (exact) mass is 683 g/mol. The summed E-state index contributed by atoms with van der Waals surface area (Å²) < 4.78 is 16.3. The molecule has 0 amide bonds. The molecule has 0 radical (unpaired) electrons. The maximum absolute atomic E-state index is 12.5. The Kier molecular flexibility index (Phi) is 35.2. The summed E-state index contributed by atoms with van der Waals surface area (Å²) in [6.45, 7) is 6.17. The quantitative estimate of drug-likeness (QED) is 0.0297. The fourth-order valence-electron chi connectivity index (χ4n) is 4.92. The maximum atomic E-state index is 12.5. The van der Waals surface area contributed by atoms with E-state index in [0.29, 0.717) is 6.42 Å². The Morgan fingerprint density at radius 1 is 0.429 bits per heavy atom. The lowest BCUT2D eigenvalue weighted by molar-refractivity contribution is -0.166. The molecule has 278 valence electrons. The van der Waals surface area contributed by atoms with Gasteiger partial charge in [0.05, 0.1) is 12.8 Å². The smallest absolute Gasteiger partial charge is 0.310 e. The fraction of sp³-hybridized carbons (Fsp3) is 0.651. The molecular weight excluding hydrogens is 612 g/mol. The molecular formula is C43H70O6. The van der Waals surface area contributed by atoms with E-state index in [0.717, 1.165) is 57.8 Å². The van der Waals surface area contributed by atoms with Crippen LogP contribution in [0.2, 0.25) is 0 Å². The number of carbonyl (C=O) groups excluding carboxylic acids is 3. The Hall–Kier alpha value is -3.15. The molecule has 0 aromatic heterocycles. The zero-order chi connectivity index (χ0) is 35.9. The Balaban J connectivity index is 4.52. The van der Waals surface area contributed by atoms with E-state index in [2.05, 4.69) is 69.4 Å². The second-order valence-corrected chi connectivity index (χ2v) is 12.5. The highest BCUT2D eigenvalue weighted by Gasteiger charge is 2.19. The molecule has 0 aromatic rings. The number of esters is 3. The van der Waals surface area contributed by atoms with Crippen molar-refractivity contribution in [1.82, 2.24) is 0 Å². The van der Waals surface area contributed by atoms with Crippen LogP contribution in [0.25, 0.3) is 0 Å². The maximum Gasteiger partial charge on any atom is 0.310 e. The number of rotatable bonds is 33. The first-order chi connectivity index (χ1) is 24.0. The van der Waals surface area contributed by atoms with Crippen LogP contribution in [0.5, 0.6) is 0 Å². The lowest BCUT2D eigenvalue weighted by Crippen LogP contribution is -2.30. The Morgan fingerprint density at radius 2 is 0.796 bits per heavy atom. The predicted molar refractivity (Wildman–Crippen MR) is 205 cm³/mol. The zero-order valence-electron chi connectivity index (χ0n) is 31.4. The summed E-state index contributed by atoms with van der Waals surface area (Å²) in [5.41, 5.74) is 0. The number of ether oxygens (including phenoxy) is 3. The average Bonchev–Trinajstić information content (AvgIpc) is 3.10. The largest absolute Gasteiger partial charge is 0.462 e. The Bertz CT molecular complexity index is 971. The van der Waals surface area contributed by atoms with Gasteiger partial charge in [0.1, 0.15) is 13.2 Å². The first kappa shape index (κ1) is 45.9. The summed E-state index contributed by atoms with van der Waals surface area (Å²) in [4.78, 5) is 37.2. The van der Waals surface area contributed by atoms with Crippen molar-refractivity contribution in [1.29, 1.82) is 0 Å². The molecule has 0 fully saturated rings. The topological polar surface area (TPSA) is 78.9 Å². The Morgan fingerprint density at radius 3 is 1.24 bits per heavy atom. The summed E-state index contributed by atoms with van der Waals surface area (Å²) in [6.07, 6.45) is 45.3. The first-order valence-corrected chi connectivity index (χ1v) is 19.4. The minimum Gasteiger partial charge on any atom is -0.462 e. The van der Waals surface area contributed by atoms with Crippen LogP contribution in [-0.2, 0) is 28.6 Å². The summed E-state index contributed by atoms with van der Waals surface area (Å²) in [5, 5.41) is 0. The molecule has 49 heavy (non-hydrogen) atoms. The summed E-state index contributed by atoms with van der Waals surface area (Å²) in [5.74, 6) is -1.21. The van der Waals surface area contributed by atoms with Crippen molar-refractivity contribution < 1.29 is 28.6 Å². The third-order valence-electron chi connectivity index (χ3n) is 7.77. The number of carbonyl (C=O) groups is 3. The van der Waals surface area contributed by atoms with Crippen molar-refractivity contribution in [2.75, 3.05) is 13.2 Å². The number of hydrogen-bond donors (Lipinski definition) is 0. The van der Waals surface area contributed by atoms with Crippen LogP contribution in [0, 0.1) is 0 Å². The van der Waals surface area contributed by atoms with E-state index < -0.39 is 18.0 Å². The van der Waals surface area contributed by atoms with E-state index in [1.165, 1.54) is 64.2 Å². The SMILES string of the molecule is CC/C=C\C/C=C\C/C=C\CC(=O)OCC(COC(=O)CCCCCCCCCCCCCCC)OC(=O)C/C=C\C/C=C\C/C=C\CC. The van der Waals surface area contributed by atoms with Gasteiger partial charge in [0, 0.05) is 6.42 Å². The van der Waals surface area contributed by atoms with Gasteiger partial charge in [-0.25, -0.2) is 0 Å². The van der Waals surface area contributed by atoms with Crippen LogP contribution in [0.1, 0.15) is 162 Å². The molecule has 0 heterocycles. The standard InChI is InChI=1S/C43H70O6/c1-4-7-10-13-16-19-20-21-22-25-27-30-33-36-42(45)48-39-40(49-43(46)37-34-31-28-24-18-15-12-9-6-3)38-47-41(44)35-32-29-26-23-17-14-11-8-5-2/h8-9,11-12,17-18,23-24,29,31-32,34,40H,4-7,10,13-16,19-22,25-28,30,33,35-39H2,1-3H3/b11-8-,12-9-,23-17-,24-18-,32-29-,34-31-. The molecule has 1 unspecified atom stereocenters. The molecule has 6 nitrogen and oxygen atoms in total. The highest BCUT2D eigenvalue weighted by atomic mass is 16.6. The van der Waals surface area contributed by atoms with Crippen LogP contribution in [0.15, 0.2) is 72.9 Å². The van der Waals surface area contributed by atoms with Gasteiger partial charge in [0.25, 0.3) is 0 Å². The van der Waals surface area contributed by atoms with Gasteiger partial charge in [0.15, 0.2) is 6.10 Å². The van der Waals surface area contributed by atoms with Gasteiger partial charge in [-0.05, 0) is 44.9 Å². The number of allylic oxidation sites excluding steroid dienone is 10. The third-order valence-corrected chi connectivity index (χ3v) is 7.77. The normalized spacial score (nSPS) is 12.8. The molecule has 0 aliphatic heterocycles. The van der Waals surface area contributed by atoms with Crippen molar-refractivity contribution in [3.05, 3.63) is 72.9 Å². The molecule has 0 saturated carbocycles. The second kappa shape index (κ2) is 37.7. The molecule has 0 aromatic carbocycles. The fourth-order valence-corrected chi connectivity index (χ4v) is 4.92. The van der Waals surface area contributed by atoms with Crippen molar-refractivity contribution in [2.45, 2.75) is 168 Å². The minimum atomic E-state index is -0.853. The molecule has 6 heteroatoms. The van der Waals surface area contributed by atoms with Gasteiger partial charge in [-0.3, -0.25) is 14.4 Å². The van der Waals surface area contributed by atoms with E-state index in [4.69, 9.17) is 14.2 Å². The first-order valence-electron chi connectivity index (χ1n) is 19.4. The average molecular weight is 683 g/mol. The summed E-state index contributed by atoms with van der Waals surface area (Å²) >= 11 is 0. The van der Waals surface area contributed by atoms with Crippen LogP contribution in [0.4, 0.5) is 0 Å². The van der Waals surface area contributed by atoms with E-state index in [1.807, 2.05) is 12.2 Å². The molecule has 0 spiro atoms. The molecule has 0 aliphatic rings. The zero-order valence-corrected chi connectivity index (χ0v) is 31.4. The lowest BCUT2D eigenvalue weighted by atomic mass is 10.0. The molecule has 0 aliphatic carbocycles.